The van der Waals surface area contributed by atoms with Crippen molar-refractivity contribution >= 4 is 0 Å². The molecule has 1 saturated heterocycles. The molecule has 1 aliphatic rings. The quantitative estimate of drug-likeness (QED) is 0.473. The third-order valence-electron chi connectivity index (χ3n) is 3.38. The van der Waals surface area contributed by atoms with Crippen LogP contribution in [0.2, 0.25) is 0 Å². The van der Waals surface area contributed by atoms with Crippen LogP contribution in [-0.2, 0) is 4.74 Å². The number of quaternary nitrogens is 1. The van der Waals surface area contributed by atoms with Crippen molar-refractivity contribution in [3.05, 3.63) is 0 Å². The maximum Gasteiger partial charge on any atom is 0.102 e. The first-order valence-electron chi connectivity index (χ1n) is 6.26. The van der Waals surface area contributed by atoms with Crippen LogP contribution in [0.4, 0.5) is 0 Å². The molecule has 0 aromatic carbocycles. The van der Waals surface area contributed by atoms with E-state index in [1.54, 1.807) is 0 Å². The summed E-state index contributed by atoms with van der Waals surface area (Å²) in [5.74, 6) is 0. The molecule has 0 unspecified atom stereocenters. The van der Waals surface area contributed by atoms with E-state index in [2.05, 4.69) is 13.8 Å². The van der Waals surface area contributed by atoms with Crippen LogP contribution in [0.25, 0.3) is 0 Å². The molecule has 2 nitrogen and oxygen atoms in total. The molecule has 0 amide bonds. The standard InChI is InChI=1S/C12H26NO/c1-3-8-13(11-12-14-4-2)9-6-5-7-10-13/h3-12H2,1-2H3/q+1. The fourth-order valence-electron chi connectivity index (χ4n) is 2.62. The van der Waals surface area contributed by atoms with Crippen molar-refractivity contribution in [1.29, 1.82) is 0 Å². The van der Waals surface area contributed by atoms with Crippen LogP contribution in [0.1, 0.15) is 39.5 Å². The Labute approximate surface area is 88.8 Å². The average Bonchev–Trinajstić information content (AvgIpc) is 2.20. The fraction of sp³-hybridized carbons (Fsp3) is 1.00. The van der Waals surface area contributed by atoms with Gasteiger partial charge < -0.3 is 9.22 Å². The first-order valence-corrected chi connectivity index (χ1v) is 6.26. The second-order valence-electron chi connectivity index (χ2n) is 4.49. The van der Waals surface area contributed by atoms with E-state index >= 15 is 0 Å². The number of piperidine rings is 1. The van der Waals surface area contributed by atoms with Crippen LogP contribution in [0.15, 0.2) is 0 Å². The van der Waals surface area contributed by atoms with E-state index in [4.69, 9.17) is 4.74 Å². The molecule has 14 heavy (non-hydrogen) atoms. The maximum atomic E-state index is 5.49. The molecule has 1 fully saturated rings. The molecule has 0 bridgehead atoms. The summed E-state index contributed by atoms with van der Waals surface area (Å²) in [5.41, 5.74) is 0. The molecule has 2 heteroatoms. The Morgan fingerprint density at radius 1 is 1.00 bits per heavy atom. The molecule has 84 valence electrons. The molecule has 0 saturated carbocycles. The highest BCUT2D eigenvalue weighted by molar-refractivity contribution is 4.54. The van der Waals surface area contributed by atoms with E-state index in [0.29, 0.717) is 0 Å². The van der Waals surface area contributed by atoms with Crippen molar-refractivity contribution in [2.75, 3.05) is 39.4 Å². The first-order chi connectivity index (χ1) is 6.83. The van der Waals surface area contributed by atoms with Gasteiger partial charge >= 0.3 is 0 Å². The lowest BCUT2D eigenvalue weighted by molar-refractivity contribution is -0.932. The Morgan fingerprint density at radius 2 is 1.71 bits per heavy atom. The number of likely N-dealkylation sites (tertiary alicyclic amines) is 1. The highest BCUT2D eigenvalue weighted by atomic mass is 16.5. The third-order valence-corrected chi connectivity index (χ3v) is 3.38. The first kappa shape index (κ1) is 12.0. The normalized spacial score (nSPS) is 21.0. The SMILES string of the molecule is CCC[N+]1(CCOCC)CCCCC1. The van der Waals surface area contributed by atoms with Crippen molar-refractivity contribution in [3.63, 3.8) is 0 Å². The van der Waals surface area contributed by atoms with Gasteiger partial charge in [0.1, 0.15) is 6.54 Å². The number of hydrogen-bond donors (Lipinski definition) is 0. The molecule has 0 spiro atoms. The summed E-state index contributed by atoms with van der Waals surface area (Å²) in [7, 11) is 0. The predicted molar refractivity (Wildman–Crippen MR) is 60.4 cm³/mol. The lowest BCUT2D eigenvalue weighted by atomic mass is 10.1. The number of ether oxygens (including phenoxy) is 1. The number of nitrogens with zero attached hydrogens (tertiary/aromatic N) is 1. The maximum absolute atomic E-state index is 5.49. The molecule has 0 atom stereocenters. The summed E-state index contributed by atoms with van der Waals surface area (Å²) in [6.45, 7) is 11.6. The van der Waals surface area contributed by atoms with Crippen molar-refractivity contribution in [2.45, 2.75) is 39.5 Å². The lowest BCUT2D eigenvalue weighted by Gasteiger charge is -2.41. The molecule has 0 N–H and O–H groups in total. The molecule has 1 aliphatic heterocycles. The molecule has 0 aromatic heterocycles. The van der Waals surface area contributed by atoms with Gasteiger partial charge in [-0.15, -0.1) is 0 Å². The zero-order valence-electron chi connectivity index (χ0n) is 9.93. The Kier molecular flexibility index (Phi) is 5.49. The van der Waals surface area contributed by atoms with E-state index in [-0.39, 0.29) is 0 Å². The van der Waals surface area contributed by atoms with Gasteiger partial charge in [0, 0.05) is 6.61 Å². The second-order valence-corrected chi connectivity index (χ2v) is 4.49. The van der Waals surface area contributed by atoms with Crippen LogP contribution in [0.3, 0.4) is 0 Å². The summed E-state index contributed by atoms with van der Waals surface area (Å²) in [6, 6.07) is 0. The second kappa shape index (κ2) is 6.41. The van der Waals surface area contributed by atoms with E-state index in [0.717, 1.165) is 13.2 Å². The van der Waals surface area contributed by atoms with Crippen molar-refractivity contribution in [3.8, 4) is 0 Å². The van der Waals surface area contributed by atoms with Crippen molar-refractivity contribution < 1.29 is 9.22 Å². The van der Waals surface area contributed by atoms with Crippen LogP contribution in [0.5, 0.6) is 0 Å². The average molecular weight is 200 g/mol. The van der Waals surface area contributed by atoms with Gasteiger partial charge in [-0.3, -0.25) is 0 Å². The van der Waals surface area contributed by atoms with Crippen molar-refractivity contribution in [2.24, 2.45) is 0 Å². The summed E-state index contributed by atoms with van der Waals surface area (Å²) in [5, 5.41) is 0. The zero-order valence-corrected chi connectivity index (χ0v) is 9.93. The monoisotopic (exact) mass is 200 g/mol. The summed E-state index contributed by atoms with van der Waals surface area (Å²) >= 11 is 0. The van der Waals surface area contributed by atoms with Crippen LogP contribution in [0, 0.1) is 0 Å². The van der Waals surface area contributed by atoms with E-state index in [1.807, 2.05) is 0 Å². The highest BCUT2D eigenvalue weighted by Gasteiger charge is 2.28. The van der Waals surface area contributed by atoms with Gasteiger partial charge in [0.05, 0.1) is 26.2 Å². The largest absolute Gasteiger partial charge is 0.376 e. The number of rotatable bonds is 6. The van der Waals surface area contributed by atoms with Crippen molar-refractivity contribution in [1.82, 2.24) is 0 Å². The molecular weight excluding hydrogens is 174 g/mol. The summed E-state index contributed by atoms with van der Waals surface area (Å²) in [6.07, 6.45) is 5.60. The van der Waals surface area contributed by atoms with E-state index in [9.17, 15) is 0 Å². The van der Waals surface area contributed by atoms with Gasteiger partial charge in [-0.25, -0.2) is 0 Å². The predicted octanol–water partition coefficient (Wildman–Crippen LogP) is 2.43. The van der Waals surface area contributed by atoms with Crippen LogP contribution < -0.4 is 0 Å². The Morgan fingerprint density at radius 3 is 2.29 bits per heavy atom. The smallest absolute Gasteiger partial charge is 0.102 e. The molecule has 0 aromatic rings. The van der Waals surface area contributed by atoms with E-state index < -0.39 is 0 Å². The molecule has 0 aliphatic carbocycles. The highest BCUT2D eigenvalue weighted by Crippen LogP contribution is 2.19. The van der Waals surface area contributed by atoms with E-state index in [1.165, 1.54) is 56.3 Å². The molecular formula is C12H26NO+. The summed E-state index contributed by atoms with van der Waals surface area (Å²) in [4.78, 5) is 0. The van der Waals surface area contributed by atoms with Gasteiger partial charge in [0.25, 0.3) is 0 Å². The lowest BCUT2D eigenvalue weighted by Crippen LogP contribution is -2.53. The Hall–Kier alpha value is -0.0800. The third kappa shape index (κ3) is 3.58. The molecule has 0 radical (unpaired) electrons. The fourth-order valence-corrected chi connectivity index (χ4v) is 2.62. The summed E-state index contributed by atoms with van der Waals surface area (Å²) < 4.78 is 6.82. The zero-order chi connectivity index (χ0) is 10.3. The minimum absolute atomic E-state index is 0.867. The minimum atomic E-state index is 0.867. The minimum Gasteiger partial charge on any atom is -0.376 e. The van der Waals surface area contributed by atoms with Gasteiger partial charge in [0.15, 0.2) is 0 Å². The topological polar surface area (TPSA) is 9.23 Å². The Balaban J connectivity index is 2.34. The number of hydrogen-bond acceptors (Lipinski definition) is 1. The van der Waals surface area contributed by atoms with Gasteiger partial charge in [-0.1, -0.05) is 6.92 Å². The van der Waals surface area contributed by atoms with Gasteiger partial charge in [-0.2, -0.15) is 0 Å². The van der Waals surface area contributed by atoms with Gasteiger partial charge in [-0.05, 0) is 32.6 Å². The van der Waals surface area contributed by atoms with Crippen LogP contribution in [-0.4, -0.2) is 43.9 Å². The molecule has 1 rings (SSSR count). The molecule has 1 heterocycles. The van der Waals surface area contributed by atoms with Gasteiger partial charge in [0.2, 0.25) is 0 Å². The Bertz CT molecular complexity index is 136. The van der Waals surface area contributed by atoms with Crippen LogP contribution >= 0.6 is 0 Å².